The average molecular weight is 412 g/mol. The van der Waals surface area contributed by atoms with Gasteiger partial charge in [0, 0.05) is 30.9 Å². The molecule has 1 fully saturated rings. The molecule has 0 aliphatic carbocycles. The number of amides is 2. The van der Waals surface area contributed by atoms with Crippen LogP contribution >= 0.6 is 11.6 Å². The zero-order valence-corrected chi connectivity index (χ0v) is 17.4. The number of pyridine rings is 1. The van der Waals surface area contributed by atoms with Gasteiger partial charge in [-0.2, -0.15) is 5.10 Å². The van der Waals surface area contributed by atoms with Crippen molar-refractivity contribution in [3.63, 3.8) is 0 Å². The molecule has 8 heteroatoms. The Labute approximate surface area is 173 Å². The number of nitrogens with zero attached hydrogens (tertiary/aromatic N) is 4. The predicted octanol–water partition coefficient (Wildman–Crippen LogP) is 3.73. The van der Waals surface area contributed by atoms with Crippen molar-refractivity contribution in [1.82, 2.24) is 19.7 Å². The van der Waals surface area contributed by atoms with Crippen LogP contribution in [0.3, 0.4) is 0 Å². The van der Waals surface area contributed by atoms with Crippen molar-refractivity contribution in [2.75, 3.05) is 18.4 Å². The number of likely N-dealkylation sites (tertiary alicyclic amines) is 1. The van der Waals surface area contributed by atoms with E-state index in [1.807, 2.05) is 13.8 Å². The van der Waals surface area contributed by atoms with Gasteiger partial charge in [0.2, 0.25) is 0 Å². The summed E-state index contributed by atoms with van der Waals surface area (Å²) in [5, 5.41) is 8.45. The Hall–Kier alpha value is -2.93. The van der Waals surface area contributed by atoms with Gasteiger partial charge in [0.1, 0.15) is 0 Å². The second-order valence-corrected chi connectivity index (χ2v) is 7.80. The summed E-state index contributed by atoms with van der Waals surface area (Å²) in [6.07, 6.45) is 1.98. The number of hydrogen-bond donors (Lipinski definition) is 1. The molecule has 1 aliphatic heterocycles. The fourth-order valence-corrected chi connectivity index (χ4v) is 4.00. The minimum atomic E-state index is -0.311. The molecule has 0 bridgehead atoms. The molecule has 1 N–H and O–H groups in total. The van der Waals surface area contributed by atoms with Gasteiger partial charge < -0.3 is 10.2 Å². The number of hydrogen-bond acceptors (Lipinski definition) is 4. The van der Waals surface area contributed by atoms with Gasteiger partial charge in [0.15, 0.2) is 5.65 Å². The van der Waals surface area contributed by atoms with Crippen LogP contribution in [0.1, 0.15) is 44.9 Å². The lowest BCUT2D eigenvalue weighted by molar-refractivity contribution is 0.0794. The number of carbonyl (C=O) groups excluding carboxylic acids is 2. The Balaban J connectivity index is 1.73. The van der Waals surface area contributed by atoms with Crippen LogP contribution in [0.5, 0.6) is 0 Å². The van der Waals surface area contributed by atoms with Gasteiger partial charge in [-0.05, 0) is 51.0 Å². The number of nitrogens with one attached hydrogen (secondary N) is 1. The van der Waals surface area contributed by atoms with Crippen molar-refractivity contribution in [3.05, 3.63) is 51.8 Å². The molecule has 0 unspecified atom stereocenters. The van der Waals surface area contributed by atoms with Gasteiger partial charge in [-0.25, -0.2) is 4.98 Å². The highest BCUT2D eigenvalue weighted by atomic mass is 35.5. The van der Waals surface area contributed by atoms with Crippen molar-refractivity contribution in [1.29, 1.82) is 0 Å². The van der Waals surface area contributed by atoms with Crippen LogP contribution in [0.25, 0.3) is 11.0 Å². The zero-order chi connectivity index (χ0) is 20.7. The summed E-state index contributed by atoms with van der Waals surface area (Å²) in [5.41, 5.74) is 3.42. The maximum Gasteiger partial charge on any atom is 0.256 e. The third kappa shape index (κ3) is 3.58. The Kier molecular flexibility index (Phi) is 5.00. The molecule has 1 saturated heterocycles. The lowest BCUT2D eigenvalue weighted by Crippen LogP contribution is -2.29. The maximum absolute atomic E-state index is 13.2. The number of anilines is 1. The molecular weight excluding hydrogens is 390 g/mol. The largest absolute Gasteiger partial charge is 0.339 e. The van der Waals surface area contributed by atoms with Crippen LogP contribution in [0.2, 0.25) is 5.02 Å². The molecule has 2 aromatic heterocycles. The van der Waals surface area contributed by atoms with E-state index in [1.54, 1.807) is 40.9 Å². The molecule has 2 amide bonds. The molecule has 0 spiro atoms. The molecular formula is C21H22ClN5O2. The second-order valence-electron chi connectivity index (χ2n) is 7.36. The molecule has 150 valence electrons. The van der Waals surface area contributed by atoms with E-state index in [9.17, 15) is 9.59 Å². The monoisotopic (exact) mass is 411 g/mol. The molecule has 1 aromatic carbocycles. The SMILES string of the molecule is Cc1cc(C(=O)Nc2ccc(Cl)cc2C(=O)N2CCCC2)c2c(C)nn(C)c2n1. The van der Waals surface area contributed by atoms with E-state index >= 15 is 0 Å². The lowest BCUT2D eigenvalue weighted by Gasteiger charge is -2.18. The van der Waals surface area contributed by atoms with Crippen LogP contribution in [-0.4, -0.2) is 44.6 Å². The fourth-order valence-electron chi connectivity index (χ4n) is 3.83. The highest BCUT2D eigenvalue weighted by Gasteiger charge is 2.24. The summed E-state index contributed by atoms with van der Waals surface area (Å²) in [7, 11) is 1.80. The van der Waals surface area contributed by atoms with E-state index in [4.69, 9.17) is 11.6 Å². The third-order valence-corrected chi connectivity index (χ3v) is 5.43. The summed E-state index contributed by atoms with van der Waals surface area (Å²) in [6, 6.07) is 6.69. The van der Waals surface area contributed by atoms with Crippen LogP contribution in [0.4, 0.5) is 5.69 Å². The van der Waals surface area contributed by atoms with Crippen LogP contribution in [-0.2, 0) is 7.05 Å². The molecule has 3 aromatic rings. The Bertz CT molecular complexity index is 1130. The maximum atomic E-state index is 13.2. The fraction of sp³-hybridized carbons (Fsp3) is 0.333. The summed E-state index contributed by atoms with van der Waals surface area (Å²) >= 11 is 6.14. The van der Waals surface area contributed by atoms with Crippen molar-refractivity contribution in [2.24, 2.45) is 7.05 Å². The summed E-state index contributed by atoms with van der Waals surface area (Å²) in [6.45, 7) is 5.12. The normalized spacial score (nSPS) is 13.9. The van der Waals surface area contributed by atoms with Gasteiger partial charge in [-0.15, -0.1) is 0 Å². The first-order valence-corrected chi connectivity index (χ1v) is 9.94. The van der Waals surface area contributed by atoms with E-state index in [2.05, 4.69) is 15.4 Å². The number of rotatable bonds is 3. The number of halogens is 1. The van der Waals surface area contributed by atoms with E-state index < -0.39 is 0 Å². The van der Waals surface area contributed by atoms with Crippen LogP contribution in [0.15, 0.2) is 24.3 Å². The van der Waals surface area contributed by atoms with E-state index in [0.717, 1.165) is 37.3 Å². The van der Waals surface area contributed by atoms with E-state index in [0.29, 0.717) is 32.9 Å². The zero-order valence-electron chi connectivity index (χ0n) is 16.6. The molecule has 0 saturated carbocycles. The molecule has 4 rings (SSSR count). The van der Waals surface area contributed by atoms with E-state index in [-0.39, 0.29) is 11.8 Å². The van der Waals surface area contributed by atoms with Crippen LogP contribution in [0, 0.1) is 13.8 Å². The van der Waals surface area contributed by atoms with Crippen molar-refractivity contribution in [3.8, 4) is 0 Å². The Morgan fingerprint density at radius 1 is 1.10 bits per heavy atom. The molecule has 0 radical (unpaired) electrons. The summed E-state index contributed by atoms with van der Waals surface area (Å²) in [4.78, 5) is 32.4. The van der Waals surface area contributed by atoms with Gasteiger partial charge in [0.25, 0.3) is 11.8 Å². The van der Waals surface area contributed by atoms with Crippen molar-refractivity contribution >= 4 is 40.1 Å². The molecule has 1 aliphatic rings. The number of carbonyl (C=O) groups is 2. The molecule has 7 nitrogen and oxygen atoms in total. The quantitative estimate of drug-likeness (QED) is 0.712. The topological polar surface area (TPSA) is 80.1 Å². The van der Waals surface area contributed by atoms with Gasteiger partial charge in [0.05, 0.1) is 27.9 Å². The molecule has 3 heterocycles. The van der Waals surface area contributed by atoms with E-state index in [1.165, 1.54) is 0 Å². The van der Waals surface area contributed by atoms with Crippen molar-refractivity contribution < 1.29 is 9.59 Å². The Morgan fingerprint density at radius 3 is 2.55 bits per heavy atom. The third-order valence-electron chi connectivity index (χ3n) is 5.19. The number of benzene rings is 1. The first-order chi connectivity index (χ1) is 13.8. The highest BCUT2D eigenvalue weighted by Crippen LogP contribution is 2.27. The summed E-state index contributed by atoms with van der Waals surface area (Å²) in [5.74, 6) is -0.427. The van der Waals surface area contributed by atoms with Crippen LogP contribution < -0.4 is 5.32 Å². The Morgan fingerprint density at radius 2 is 1.83 bits per heavy atom. The first-order valence-electron chi connectivity index (χ1n) is 9.56. The van der Waals surface area contributed by atoms with Gasteiger partial charge in [-0.1, -0.05) is 11.6 Å². The standard InChI is InChI=1S/C21H22ClN5O2/c1-12-10-16(18-13(2)25-26(3)19(18)23-12)20(28)24-17-7-6-14(22)11-15(17)21(29)27-8-4-5-9-27/h6-7,10-11H,4-5,8-9H2,1-3H3,(H,24,28). The lowest BCUT2D eigenvalue weighted by atomic mass is 10.1. The molecule has 0 atom stereocenters. The first kappa shape index (κ1) is 19.4. The highest BCUT2D eigenvalue weighted by molar-refractivity contribution is 6.31. The number of aromatic nitrogens is 3. The summed E-state index contributed by atoms with van der Waals surface area (Å²) < 4.78 is 1.67. The number of fused-ring (bicyclic) bond motifs is 1. The van der Waals surface area contributed by atoms with Gasteiger partial charge >= 0.3 is 0 Å². The average Bonchev–Trinajstić information content (AvgIpc) is 3.31. The predicted molar refractivity (Wildman–Crippen MR) is 113 cm³/mol. The van der Waals surface area contributed by atoms with Crippen molar-refractivity contribution in [2.45, 2.75) is 26.7 Å². The minimum absolute atomic E-state index is 0.117. The second kappa shape index (κ2) is 7.48. The van der Waals surface area contributed by atoms with Gasteiger partial charge in [-0.3, -0.25) is 14.3 Å². The number of aryl methyl sites for hydroxylation is 3. The minimum Gasteiger partial charge on any atom is -0.339 e. The molecule has 29 heavy (non-hydrogen) atoms. The smallest absolute Gasteiger partial charge is 0.256 e.